The first-order valence-electron chi connectivity index (χ1n) is 8.77. The minimum atomic E-state index is 0.275. The van der Waals surface area contributed by atoms with Crippen LogP contribution in [0, 0.1) is 0 Å². The molecule has 0 amide bonds. The second-order valence-electron chi connectivity index (χ2n) is 6.64. The van der Waals surface area contributed by atoms with E-state index in [0.29, 0.717) is 5.75 Å². The molecule has 5 rings (SSSR count). The van der Waals surface area contributed by atoms with Crippen LogP contribution >= 0.6 is 0 Å². The average molecular weight is 346 g/mol. The van der Waals surface area contributed by atoms with Gasteiger partial charge in [0.15, 0.2) is 0 Å². The molecule has 5 N–H and O–H groups in total. The van der Waals surface area contributed by atoms with Crippen LogP contribution in [0.5, 0.6) is 5.75 Å². The van der Waals surface area contributed by atoms with Gasteiger partial charge in [-0.25, -0.2) is 0 Å². The number of benzene rings is 3. The molecule has 0 aromatic heterocycles. The van der Waals surface area contributed by atoms with Crippen molar-refractivity contribution in [1.82, 2.24) is 0 Å². The van der Waals surface area contributed by atoms with Gasteiger partial charge in [0.2, 0.25) is 0 Å². The summed E-state index contributed by atoms with van der Waals surface area (Å²) in [5, 5.41) is 10.8. The Balaban J connectivity index is 0.000000814. The molecule has 4 nitrogen and oxygen atoms in total. The van der Waals surface area contributed by atoms with Gasteiger partial charge in [0.1, 0.15) is 5.75 Å². The van der Waals surface area contributed by atoms with Gasteiger partial charge in [-0.1, -0.05) is 60.7 Å². The summed E-state index contributed by atoms with van der Waals surface area (Å²) in [4.78, 5) is 0. The molecule has 0 saturated carbocycles. The maximum atomic E-state index is 10.8. The van der Waals surface area contributed by atoms with Crippen molar-refractivity contribution in [2.24, 2.45) is 11.7 Å². The molecule has 0 bridgehead atoms. The fourth-order valence-corrected chi connectivity index (χ4v) is 3.81. The van der Waals surface area contributed by atoms with E-state index in [4.69, 9.17) is 4.74 Å². The second-order valence-corrected chi connectivity index (χ2v) is 6.64. The normalized spacial score (nSPS) is 16.3. The molecular formula is C22H22N2O2. The van der Waals surface area contributed by atoms with E-state index >= 15 is 0 Å². The van der Waals surface area contributed by atoms with E-state index in [2.05, 4.69) is 54.1 Å². The first-order valence-corrected chi connectivity index (χ1v) is 8.77. The molecule has 3 aromatic rings. The van der Waals surface area contributed by atoms with Crippen molar-refractivity contribution in [1.29, 1.82) is 0 Å². The van der Waals surface area contributed by atoms with Crippen LogP contribution in [0.2, 0.25) is 0 Å². The molecule has 3 aromatic carbocycles. The third kappa shape index (κ3) is 2.88. The van der Waals surface area contributed by atoms with Gasteiger partial charge in [0.25, 0.3) is 0 Å². The van der Waals surface area contributed by atoms with E-state index in [1.54, 1.807) is 0 Å². The maximum Gasteiger partial charge on any atom is 0.126 e. The summed E-state index contributed by atoms with van der Waals surface area (Å²) >= 11 is 0. The standard InChI is InChI=1S/C22H18O2.H4N2/c23-22-15(11-16-13-24-16)6-3-10-20(22)19-9-4-8-18-17-7-2-1-5-14(17)12-21(18)19;1-2/h1-10,16,23H,11-13H2;1-2H2. The van der Waals surface area contributed by atoms with E-state index in [-0.39, 0.29) is 6.10 Å². The Kier molecular flexibility index (Phi) is 4.47. The Morgan fingerprint density at radius 1 is 0.846 bits per heavy atom. The molecule has 1 heterocycles. The summed E-state index contributed by atoms with van der Waals surface area (Å²) < 4.78 is 5.32. The quantitative estimate of drug-likeness (QED) is 0.302. The number of ether oxygens (including phenoxy) is 1. The number of phenolic OH excluding ortho intramolecular Hbond substituents is 1. The molecule has 1 unspecified atom stereocenters. The lowest BCUT2D eigenvalue weighted by atomic mass is 9.93. The van der Waals surface area contributed by atoms with E-state index in [0.717, 1.165) is 36.1 Å². The van der Waals surface area contributed by atoms with Crippen molar-refractivity contribution < 1.29 is 9.84 Å². The molecule has 0 radical (unpaired) electrons. The molecule has 26 heavy (non-hydrogen) atoms. The van der Waals surface area contributed by atoms with Crippen LogP contribution in [0.4, 0.5) is 0 Å². The lowest BCUT2D eigenvalue weighted by Crippen LogP contribution is -2.02. The zero-order valence-electron chi connectivity index (χ0n) is 14.5. The molecular weight excluding hydrogens is 324 g/mol. The van der Waals surface area contributed by atoms with Gasteiger partial charge in [-0.3, -0.25) is 11.7 Å². The van der Waals surface area contributed by atoms with Crippen LogP contribution in [-0.2, 0) is 17.6 Å². The van der Waals surface area contributed by atoms with Crippen LogP contribution in [0.1, 0.15) is 16.7 Å². The highest BCUT2D eigenvalue weighted by molar-refractivity contribution is 5.86. The van der Waals surface area contributed by atoms with Crippen molar-refractivity contribution in [2.45, 2.75) is 18.9 Å². The van der Waals surface area contributed by atoms with Gasteiger partial charge in [-0.15, -0.1) is 0 Å². The lowest BCUT2D eigenvalue weighted by Gasteiger charge is -2.13. The SMILES string of the molecule is NN.Oc1c(CC2CO2)cccc1-c1cccc2c1Cc1ccccc1-2. The Bertz CT molecular complexity index is 949. The Morgan fingerprint density at radius 3 is 2.23 bits per heavy atom. The number of hydrogen-bond acceptors (Lipinski definition) is 4. The fourth-order valence-electron chi connectivity index (χ4n) is 3.81. The molecule has 1 atom stereocenters. The first-order chi connectivity index (χ1) is 12.8. The molecule has 2 aliphatic rings. The summed E-state index contributed by atoms with van der Waals surface area (Å²) in [5.74, 6) is 8.40. The van der Waals surface area contributed by atoms with Gasteiger partial charge >= 0.3 is 0 Å². The number of epoxide rings is 1. The van der Waals surface area contributed by atoms with E-state index < -0.39 is 0 Å². The van der Waals surface area contributed by atoms with Crippen molar-refractivity contribution in [3.63, 3.8) is 0 Å². The summed E-state index contributed by atoms with van der Waals surface area (Å²) in [6.45, 7) is 0.805. The minimum absolute atomic E-state index is 0.275. The Hall–Kier alpha value is -2.66. The third-order valence-corrected chi connectivity index (χ3v) is 5.11. The summed E-state index contributed by atoms with van der Waals surface area (Å²) in [7, 11) is 0. The molecule has 1 saturated heterocycles. The number of hydrogen-bond donors (Lipinski definition) is 3. The van der Waals surface area contributed by atoms with Crippen molar-refractivity contribution in [2.75, 3.05) is 6.61 Å². The summed E-state index contributed by atoms with van der Waals surface area (Å²) in [6.07, 6.45) is 1.99. The number of aromatic hydroxyl groups is 1. The lowest BCUT2D eigenvalue weighted by molar-refractivity contribution is 0.402. The van der Waals surface area contributed by atoms with Gasteiger partial charge in [0, 0.05) is 12.0 Å². The summed E-state index contributed by atoms with van der Waals surface area (Å²) in [6, 6.07) is 21.0. The van der Waals surface area contributed by atoms with Crippen molar-refractivity contribution >= 4 is 0 Å². The van der Waals surface area contributed by atoms with Crippen LogP contribution in [0.15, 0.2) is 60.7 Å². The molecule has 132 valence electrons. The molecule has 1 aliphatic carbocycles. The van der Waals surface area contributed by atoms with E-state index in [1.807, 2.05) is 18.2 Å². The monoisotopic (exact) mass is 346 g/mol. The zero-order chi connectivity index (χ0) is 18.1. The highest BCUT2D eigenvalue weighted by Gasteiger charge is 2.26. The smallest absolute Gasteiger partial charge is 0.126 e. The number of phenols is 1. The number of fused-ring (bicyclic) bond motifs is 3. The third-order valence-electron chi connectivity index (χ3n) is 5.11. The predicted molar refractivity (Wildman–Crippen MR) is 104 cm³/mol. The zero-order valence-corrected chi connectivity index (χ0v) is 14.5. The van der Waals surface area contributed by atoms with Crippen LogP contribution < -0.4 is 11.7 Å². The van der Waals surface area contributed by atoms with Crippen molar-refractivity contribution in [3.05, 3.63) is 77.4 Å². The Labute approximate surface area is 153 Å². The molecule has 0 spiro atoms. The topological polar surface area (TPSA) is 84.8 Å². The van der Waals surface area contributed by atoms with Gasteiger partial charge in [-0.2, -0.15) is 0 Å². The fraction of sp³-hybridized carbons (Fsp3) is 0.182. The highest BCUT2D eigenvalue weighted by atomic mass is 16.6. The average Bonchev–Trinajstić information content (AvgIpc) is 3.42. The number of rotatable bonds is 3. The number of para-hydroxylation sites is 1. The Morgan fingerprint density at radius 2 is 1.46 bits per heavy atom. The highest BCUT2D eigenvalue weighted by Crippen LogP contribution is 2.44. The number of nitrogens with two attached hydrogens (primary N) is 2. The molecule has 1 aliphatic heterocycles. The molecule has 1 fully saturated rings. The minimum Gasteiger partial charge on any atom is -0.507 e. The van der Waals surface area contributed by atoms with Crippen LogP contribution in [0.25, 0.3) is 22.3 Å². The van der Waals surface area contributed by atoms with Crippen LogP contribution in [0.3, 0.4) is 0 Å². The van der Waals surface area contributed by atoms with Crippen LogP contribution in [-0.4, -0.2) is 17.8 Å². The van der Waals surface area contributed by atoms with E-state index in [1.165, 1.54) is 22.3 Å². The predicted octanol–water partition coefficient (Wildman–Crippen LogP) is 3.39. The first kappa shape index (κ1) is 16.8. The van der Waals surface area contributed by atoms with E-state index in [9.17, 15) is 5.11 Å². The second kappa shape index (κ2) is 6.92. The van der Waals surface area contributed by atoms with Gasteiger partial charge < -0.3 is 9.84 Å². The van der Waals surface area contributed by atoms with Crippen molar-refractivity contribution in [3.8, 4) is 28.0 Å². The summed E-state index contributed by atoms with van der Waals surface area (Å²) in [5.41, 5.74) is 8.33. The molecule has 4 heteroatoms. The maximum absolute atomic E-state index is 10.8. The van der Waals surface area contributed by atoms with Gasteiger partial charge in [-0.05, 0) is 39.8 Å². The number of hydrazine groups is 1. The largest absolute Gasteiger partial charge is 0.507 e. The van der Waals surface area contributed by atoms with Gasteiger partial charge in [0.05, 0.1) is 12.7 Å².